The molecule has 2 heterocycles. The molecule has 0 N–H and O–H groups in total. The molecule has 5 heteroatoms. The lowest BCUT2D eigenvalue weighted by atomic mass is 10.2. The average molecular weight is 269 g/mol. The Balaban J connectivity index is 2.72. The SMILES string of the molecule is COC(=O)c1cnn2c(Br)c(C)ccc12. The number of methoxy groups -OCH3 is 1. The van der Waals surface area contributed by atoms with Crippen LogP contribution in [0.1, 0.15) is 15.9 Å². The van der Waals surface area contributed by atoms with Crippen LogP contribution in [0.2, 0.25) is 0 Å². The van der Waals surface area contributed by atoms with Gasteiger partial charge in [-0.05, 0) is 34.5 Å². The number of carbonyl (C=O) groups excluding carboxylic acids is 1. The number of nitrogens with zero attached hydrogens (tertiary/aromatic N) is 2. The largest absolute Gasteiger partial charge is 0.465 e. The smallest absolute Gasteiger partial charge is 0.341 e. The first-order valence-corrected chi connectivity index (χ1v) is 5.15. The first kappa shape index (κ1) is 10.2. The van der Waals surface area contributed by atoms with Crippen LogP contribution in [0.4, 0.5) is 0 Å². The Hall–Kier alpha value is -1.36. The molecule has 0 aromatic carbocycles. The summed E-state index contributed by atoms with van der Waals surface area (Å²) < 4.78 is 7.18. The molecule has 0 fully saturated rings. The second-order valence-electron chi connectivity index (χ2n) is 3.15. The molecule has 0 radical (unpaired) electrons. The molecule has 2 rings (SSSR count). The van der Waals surface area contributed by atoms with Gasteiger partial charge in [0.15, 0.2) is 0 Å². The van der Waals surface area contributed by atoms with Gasteiger partial charge in [0, 0.05) is 0 Å². The van der Waals surface area contributed by atoms with Crippen molar-refractivity contribution in [1.82, 2.24) is 9.61 Å². The molecule has 0 atom stereocenters. The van der Waals surface area contributed by atoms with Crippen LogP contribution in [-0.4, -0.2) is 22.7 Å². The van der Waals surface area contributed by atoms with Gasteiger partial charge in [0.2, 0.25) is 0 Å². The maximum atomic E-state index is 11.4. The zero-order valence-corrected chi connectivity index (χ0v) is 9.91. The molecule has 0 spiro atoms. The molecule has 0 bridgehead atoms. The number of rotatable bonds is 1. The number of aromatic nitrogens is 2. The van der Waals surface area contributed by atoms with E-state index >= 15 is 0 Å². The summed E-state index contributed by atoms with van der Waals surface area (Å²) in [7, 11) is 1.36. The van der Waals surface area contributed by atoms with Gasteiger partial charge in [-0.15, -0.1) is 0 Å². The standard InChI is InChI=1S/C10H9BrN2O2/c1-6-3-4-8-7(10(14)15-2)5-12-13(8)9(6)11/h3-5H,1-2H3. The fourth-order valence-corrected chi connectivity index (χ4v) is 1.80. The van der Waals surface area contributed by atoms with Crippen molar-refractivity contribution < 1.29 is 9.53 Å². The number of halogens is 1. The van der Waals surface area contributed by atoms with Gasteiger partial charge in [-0.2, -0.15) is 5.10 Å². The summed E-state index contributed by atoms with van der Waals surface area (Å²) in [5.74, 6) is -0.374. The van der Waals surface area contributed by atoms with Crippen LogP contribution in [0.25, 0.3) is 5.52 Å². The number of pyridine rings is 1. The van der Waals surface area contributed by atoms with E-state index in [1.807, 2.05) is 19.1 Å². The number of esters is 1. The fraction of sp³-hybridized carbons (Fsp3) is 0.200. The van der Waals surface area contributed by atoms with Crippen molar-refractivity contribution in [3.05, 3.63) is 34.1 Å². The van der Waals surface area contributed by atoms with E-state index in [4.69, 9.17) is 0 Å². The summed E-state index contributed by atoms with van der Waals surface area (Å²) in [6.07, 6.45) is 1.51. The van der Waals surface area contributed by atoms with Crippen LogP contribution in [0, 0.1) is 6.92 Å². The van der Waals surface area contributed by atoms with Crippen LogP contribution < -0.4 is 0 Å². The van der Waals surface area contributed by atoms with Gasteiger partial charge in [-0.3, -0.25) is 0 Å². The van der Waals surface area contributed by atoms with E-state index in [0.29, 0.717) is 5.56 Å². The van der Waals surface area contributed by atoms with Crippen molar-refractivity contribution in [2.75, 3.05) is 7.11 Å². The highest BCUT2D eigenvalue weighted by Crippen LogP contribution is 2.20. The molecule has 0 amide bonds. The van der Waals surface area contributed by atoms with Crippen molar-refractivity contribution >= 4 is 27.4 Å². The molecule has 4 nitrogen and oxygen atoms in total. The first-order chi connectivity index (χ1) is 7.15. The van der Waals surface area contributed by atoms with Crippen molar-refractivity contribution in [3.8, 4) is 0 Å². The van der Waals surface area contributed by atoms with Gasteiger partial charge in [-0.1, -0.05) is 6.07 Å². The monoisotopic (exact) mass is 268 g/mol. The number of ether oxygens (including phenoxy) is 1. The Morgan fingerprint density at radius 3 is 2.93 bits per heavy atom. The zero-order chi connectivity index (χ0) is 11.0. The molecule has 2 aromatic heterocycles. The van der Waals surface area contributed by atoms with Crippen LogP contribution in [0.3, 0.4) is 0 Å². The molecule has 0 aliphatic heterocycles. The summed E-state index contributed by atoms with van der Waals surface area (Å²) in [6, 6.07) is 3.77. The van der Waals surface area contributed by atoms with E-state index in [1.165, 1.54) is 13.3 Å². The van der Waals surface area contributed by atoms with Gasteiger partial charge in [0.25, 0.3) is 0 Å². The summed E-state index contributed by atoms with van der Waals surface area (Å²) >= 11 is 3.41. The molecule has 0 aliphatic carbocycles. The van der Waals surface area contributed by atoms with Gasteiger partial charge in [-0.25, -0.2) is 9.31 Å². The highest BCUT2D eigenvalue weighted by Gasteiger charge is 2.14. The first-order valence-electron chi connectivity index (χ1n) is 4.36. The quantitative estimate of drug-likeness (QED) is 0.588. The molecular weight excluding hydrogens is 260 g/mol. The van der Waals surface area contributed by atoms with Crippen molar-refractivity contribution in [2.24, 2.45) is 0 Å². The number of fused-ring (bicyclic) bond motifs is 1. The third-order valence-corrected chi connectivity index (χ3v) is 3.18. The average Bonchev–Trinajstić information content (AvgIpc) is 2.66. The van der Waals surface area contributed by atoms with E-state index in [0.717, 1.165) is 15.7 Å². The Bertz CT molecular complexity index is 533. The lowest BCUT2D eigenvalue weighted by Gasteiger charge is -2.01. The molecule has 0 saturated heterocycles. The molecule has 78 valence electrons. The normalized spacial score (nSPS) is 10.6. The van der Waals surface area contributed by atoms with Gasteiger partial charge < -0.3 is 4.74 Å². The molecule has 2 aromatic rings. The van der Waals surface area contributed by atoms with E-state index in [1.54, 1.807) is 4.52 Å². The molecule has 0 saturated carbocycles. The third kappa shape index (κ3) is 1.52. The van der Waals surface area contributed by atoms with Crippen molar-refractivity contribution in [2.45, 2.75) is 6.92 Å². The van der Waals surface area contributed by atoms with E-state index in [-0.39, 0.29) is 5.97 Å². The van der Waals surface area contributed by atoms with Gasteiger partial charge >= 0.3 is 5.97 Å². The van der Waals surface area contributed by atoms with Crippen molar-refractivity contribution in [3.63, 3.8) is 0 Å². The summed E-state index contributed by atoms with van der Waals surface area (Å²) in [6.45, 7) is 1.96. The van der Waals surface area contributed by atoms with Crippen molar-refractivity contribution in [1.29, 1.82) is 0 Å². The zero-order valence-electron chi connectivity index (χ0n) is 8.32. The van der Waals surface area contributed by atoms with Crippen LogP contribution in [0.5, 0.6) is 0 Å². The Morgan fingerprint density at radius 2 is 2.27 bits per heavy atom. The lowest BCUT2D eigenvalue weighted by Crippen LogP contribution is -2.00. The maximum absolute atomic E-state index is 11.4. The molecule has 15 heavy (non-hydrogen) atoms. The van der Waals surface area contributed by atoms with E-state index < -0.39 is 0 Å². The number of hydrogen-bond acceptors (Lipinski definition) is 3. The van der Waals surface area contributed by atoms with Gasteiger partial charge in [0.1, 0.15) is 10.2 Å². The number of carbonyl (C=O) groups is 1. The Labute approximate surface area is 95.0 Å². The Kier molecular flexibility index (Phi) is 2.48. The summed E-state index contributed by atoms with van der Waals surface area (Å²) in [5.41, 5.74) is 2.26. The topological polar surface area (TPSA) is 43.6 Å². The Morgan fingerprint density at radius 1 is 1.53 bits per heavy atom. The lowest BCUT2D eigenvalue weighted by molar-refractivity contribution is 0.0603. The second kappa shape index (κ2) is 3.66. The molecule has 0 aliphatic rings. The predicted molar refractivity (Wildman–Crippen MR) is 59.0 cm³/mol. The van der Waals surface area contributed by atoms with E-state index in [9.17, 15) is 4.79 Å². The minimum absolute atomic E-state index is 0.374. The van der Waals surface area contributed by atoms with Crippen LogP contribution in [0.15, 0.2) is 22.9 Å². The molecule has 0 unspecified atom stereocenters. The summed E-state index contributed by atoms with van der Waals surface area (Å²) in [5, 5.41) is 4.12. The minimum Gasteiger partial charge on any atom is -0.465 e. The fourth-order valence-electron chi connectivity index (χ4n) is 1.38. The highest BCUT2D eigenvalue weighted by atomic mass is 79.9. The van der Waals surface area contributed by atoms with Gasteiger partial charge in [0.05, 0.1) is 18.8 Å². The predicted octanol–water partition coefficient (Wildman–Crippen LogP) is 2.19. The van der Waals surface area contributed by atoms with E-state index in [2.05, 4.69) is 25.8 Å². The highest BCUT2D eigenvalue weighted by molar-refractivity contribution is 9.10. The third-order valence-electron chi connectivity index (χ3n) is 2.21. The minimum atomic E-state index is -0.374. The van der Waals surface area contributed by atoms with Crippen LogP contribution >= 0.6 is 15.9 Å². The number of aryl methyl sites for hydroxylation is 1. The summed E-state index contributed by atoms with van der Waals surface area (Å²) in [4.78, 5) is 11.4. The number of hydrogen-bond donors (Lipinski definition) is 0. The maximum Gasteiger partial charge on any atom is 0.341 e. The van der Waals surface area contributed by atoms with Crippen LogP contribution in [-0.2, 0) is 4.74 Å². The second-order valence-corrected chi connectivity index (χ2v) is 3.91. The molecular formula is C10H9BrN2O2.